The van der Waals surface area contributed by atoms with Gasteiger partial charge in [-0.2, -0.15) is 0 Å². The van der Waals surface area contributed by atoms with E-state index in [1.54, 1.807) is 52.8 Å². The Morgan fingerprint density at radius 2 is 0.935 bits per heavy atom. The van der Waals surface area contributed by atoms with Gasteiger partial charge in [0.25, 0.3) is 0 Å². The first-order valence-corrected chi connectivity index (χ1v) is 33.4. The van der Waals surface area contributed by atoms with Crippen LogP contribution in [0.25, 0.3) is 0 Å². The van der Waals surface area contributed by atoms with Gasteiger partial charge in [0.2, 0.25) is 65.0 Å². The van der Waals surface area contributed by atoms with Gasteiger partial charge in [-0.05, 0) is 124 Å². The van der Waals surface area contributed by atoms with Crippen LogP contribution in [-0.2, 0) is 63.9 Å². The number of ether oxygens (including phenoxy) is 1. The molecule has 0 radical (unpaired) electrons. The number of methoxy groups -OCH3 is 1. The van der Waals surface area contributed by atoms with E-state index >= 15 is 19.2 Å². The molecular formula is C69H117N11O13. The Labute approximate surface area is 555 Å². The molecule has 1 fully saturated rings. The third-order valence-electron chi connectivity index (χ3n) is 17.6. The third kappa shape index (κ3) is 23.7. The van der Waals surface area contributed by atoms with Crippen molar-refractivity contribution in [3.05, 3.63) is 35.4 Å². The Balaban J connectivity index is 2.95. The van der Waals surface area contributed by atoms with Crippen molar-refractivity contribution in [2.45, 2.75) is 229 Å². The highest BCUT2D eigenvalue weighted by atomic mass is 16.5. The third-order valence-corrected chi connectivity index (χ3v) is 17.6. The molecule has 1 aliphatic rings. The lowest BCUT2D eigenvalue weighted by molar-refractivity contribution is -0.156. The maximum atomic E-state index is 15.4. The molecule has 11 amide bonds. The molecule has 0 spiro atoms. The van der Waals surface area contributed by atoms with Crippen molar-refractivity contribution in [1.29, 1.82) is 0 Å². The van der Waals surface area contributed by atoms with Crippen LogP contribution in [0.15, 0.2) is 24.3 Å². The molecule has 11 atom stereocenters. The Morgan fingerprint density at radius 3 is 1.43 bits per heavy atom. The predicted octanol–water partition coefficient (Wildman–Crippen LogP) is 5.14. The molecule has 1 saturated heterocycles. The summed E-state index contributed by atoms with van der Waals surface area (Å²) in [4.78, 5) is 183. The molecule has 1 heterocycles. The number of esters is 1. The summed E-state index contributed by atoms with van der Waals surface area (Å²) in [5, 5.41) is 11.2. The van der Waals surface area contributed by atoms with Crippen LogP contribution >= 0.6 is 0 Å². The van der Waals surface area contributed by atoms with Gasteiger partial charge in [0.05, 0.1) is 19.2 Å². The number of likely N-dealkylation sites (N-methyl/N-ethyl adjacent to an activating group) is 7. The number of hydrogen-bond acceptors (Lipinski definition) is 13. The first-order chi connectivity index (χ1) is 43.1. The molecule has 1 aromatic rings. The molecule has 1 unspecified atom stereocenters. The molecule has 24 heteroatoms. The van der Waals surface area contributed by atoms with Crippen molar-refractivity contribution in [2.75, 3.05) is 63.0 Å². The number of carbonyl (C=O) groups excluding carboxylic acids is 12. The molecular weight excluding hydrogens is 1190 g/mol. The van der Waals surface area contributed by atoms with E-state index < -0.39 is 150 Å². The van der Waals surface area contributed by atoms with Crippen LogP contribution in [0, 0.1) is 41.4 Å². The highest BCUT2D eigenvalue weighted by molar-refractivity contribution is 5.99. The summed E-state index contributed by atoms with van der Waals surface area (Å²) in [6, 6.07) is -4.63. The molecule has 4 N–H and O–H groups in total. The van der Waals surface area contributed by atoms with Crippen molar-refractivity contribution in [2.24, 2.45) is 41.4 Å². The first-order valence-electron chi connectivity index (χ1n) is 33.4. The van der Waals surface area contributed by atoms with E-state index in [2.05, 4.69) is 21.3 Å². The monoisotopic (exact) mass is 1310 g/mol. The number of rotatable bonds is 18. The minimum Gasteiger partial charge on any atom is -0.465 e. The first kappa shape index (κ1) is 82.0. The predicted molar refractivity (Wildman–Crippen MR) is 358 cm³/mol. The van der Waals surface area contributed by atoms with Gasteiger partial charge in [0, 0.05) is 49.3 Å². The minimum atomic E-state index is -1.23. The second-order valence-electron chi connectivity index (χ2n) is 28.3. The summed E-state index contributed by atoms with van der Waals surface area (Å²) in [6.45, 7) is 28.0. The average Bonchev–Trinajstić information content (AvgIpc) is 0.866. The van der Waals surface area contributed by atoms with Gasteiger partial charge < -0.3 is 60.3 Å². The fourth-order valence-corrected chi connectivity index (χ4v) is 11.9. The van der Waals surface area contributed by atoms with Crippen LogP contribution in [-0.4, -0.2) is 229 Å². The van der Waals surface area contributed by atoms with E-state index in [-0.39, 0.29) is 68.1 Å². The molecule has 0 aliphatic carbocycles. The second-order valence-corrected chi connectivity index (χ2v) is 28.3. The molecule has 0 bridgehead atoms. The standard InChI is InChI=1S/C69H117N11O13/c1-25-50-64(87)74(17)38-56(81)75(18)51(32-39(2)3)62(85)73-57(43(10)11)67(90)76(19)52(33-40(4)5)60(83)70-46(15)59(82)71-47(16)63(86)78(21)54(34-41(6)7)65(88)79(22)55(35-42(8)9)66(89)80(23)58(44(12)13)68(91)77(20)53(61(84)72-50)36-45(14)28-26-29-48-30-27-31-49(37-48)69(92)93-24/h27,30-31,37,39-47,50-55,57-58H,25-26,28-29,32-36,38H2,1-24H3,(H,70,83)(H,71,82)(H,72,84)(H,73,85)/t45-,46-,47+,50+,51+,52-,53?,54-,55+,57-,58+/m1/s1. The number of nitrogens with one attached hydrogen (secondary N) is 4. The summed E-state index contributed by atoms with van der Waals surface area (Å²) < 4.78 is 4.92. The van der Waals surface area contributed by atoms with E-state index in [1.165, 1.54) is 99.7 Å². The Morgan fingerprint density at radius 1 is 0.495 bits per heavy atom. The molecule has 1 aliphatic heterocycles. The summed E-state index contributed by atoms with van der Waals surface area (Å²) >= 11 is 0. The molecule has 93 heavy (non-hydrogen) atoms. The summed E-state index contributed by atoms with van der Waals surface area (Å²) in [6.07, 6.45) is 2.65. The normalized spacial score (nSPS) is 25.1. The van der Waals surface area contributed by atoms with E-state index in [0.717, 1.165) is 10.5 Å². The van der Waals surface area contributed by atoms with E-state index in [0.29, 0.717) is 24.8 Å². The van der Waals surface area contributed by atoms with Gasteiger partial charge in [-0.15, -0.1) is 0 Å². The SMILES string of the molecule is CC[C@@H]1NC(=O)C(C[C@H](C)CCCc2cccc(C(=O)OC)c2)N(C)C(=O)[C@H](C(C)C)N(C)C(=O)[C@H](CC(C)C)N(C)C(=O)[C@@H](CC(C)C)N(C)C(=O)[C@H](C)NC(=O)[C@@H](C)NC(=O)[C@@H](CC(C)C)N(C)C(=O)[C@@H](C(C)C)NC(=O)[C@H](CC(C)C)N(C)C(=O)CN(C)C1=O. The molecule has 0 saturated carbocycles. The highest BCUT2D eigenvalue weighted by Crippen LogP contribution is 2.26. The minimum absolute atomic E-state index is 0.0744. The highest BCUT2D eigenvalue weighted by Gasteiger charge is 2.44. The Bertz CT molecular complexity index is 2730. The zero-order valence-electron chi connectivity index (χ0n) is 60.6. The Kier molecular flexibility index (Phi) is 33.2. The summed E-state index contributed by atoms with van der Waals surface area (Å²) in [7, 11) is 11.5. The van der Waals surface area contributed by atoms with Crippen LogP contribution in [0.5, 0.6) is 0 Å². The van der Waals surface area contributed by atoms with E-state index in [4.69, 9.17) is 4.74 Å². The van der Waals surface area contributed by atoms with Gasteiger partial charge in [-0.25, -0.2) is 4.79 Å². The lowest BCUT2D eigenvalue weighted by Gasteiger charge is -2.41. The maximum Gasteiger partial charge on any atom is 0.337 e. The van der Waals surface area contributed by atoms with Crippen molar-refractivity contribution in [3.63, 3.8) is 0 Å². The second kappa shape index (κ2) is 37.7. The number of aryl methyl sites for hydroxylation is 1. The van der Waals surface area contributed by atoms with Crippen molar-refractivity contribution in [1.82, 2.24) is 55.6 Å². The average molecular weight is 1310 g/mol. The number of nitrogens with zero attached hydrogens (tertiary/aromatic N) is 7. The van der Waals surface area contributed by atoms with Gasteiger partial charge >= 0.3 is 5.97 Å². The van der Waals surface area contributed by atoms with Crippen LogP contribution in [0.2, 0.25) is 0 Å². The molecule has 24 nitrogen and oxygen atoms in total. The fourth-order valence-electron chi connectivity index (χ4n) is 11.9. The van der Waals surface area contributed by atoms with E-state index in [1.807, 2.05) is 68.4 Å². The number of hydrogen-bond donors (Lipinski definition) is 4. The number of carbonyl (C=O) groups is 12. The van der Waals surface area contributed by atoms with Crippen molar-refractivity contribution in [3.8, 4) is 0 Å². The van der Waals surface area contributed by atoms with Crippen molar-refractivity contribution < 1.29 is 62.3 Å². The summed E-state index contributed by atoms with van der Waals surface area (Å²) in [5.74, 6) is -9.21. The lowest BCUT2D eigenvalue weighted by Crippen LogP contribution is -2.61. The number of benzene rings is 1. The summed E-state index contributed by atoms with van der Waals surface area (Å²) in [5.41, 5.74) is 1.31. The van der Waals surface area contributed by atoms with Crippen LogP contribution < -0.4 is 21.3 Å². The quantitative estimate of drug-likeness (QED) is 0.139. The Hall–Kier alpha value is -7.14. The molecule has 1 aromatic carbocycles. The number of amides is 11. The largest absolute Gasteiger partial charge is 0.465 e. The van der Waals surface area contributed by atoms with Gasteiger partial charge in [-0.1, -0.05) is 115 Å². The molecule has 0 aromatic heterocycles. The zero-order chi connectivity index (χ0) is 71.4. The molecule has 2 rings (SSSR count). The van der Waals surface area contributed by atoms with Crippen LogP contribution in [0.1, 0.15) is 178 Å². The lowest BCUT2D eigenvalue weighted by atomic mass is 9.92. The van der Waals surface area contributed by atoms with Crippen LogP contribution in [0.3, 0.4) is 0 Å². The van der Waals surface area contributed by atoms with E-state index in [9.17, 15) is 38.4 Å². The fraction of sp³-hybridized carbons (Fsp3) is 0.739. The van der Waals surface area contributed by atoms with Gasteiger partial charge in [0.1, 0.15) is 60.4 Å². The smallest absolute Gasteiger partial charge is 0.337 e. The van der Waals surface area contributed by atoms with Crippen molar-refractivity contribution >= 4 is 70.9 Å². The van der Waals surface area contributed by atoms with Crippen LogP contribution in [0.4, 0.5) is 0 Å². The zero-order valence-corrected chi connectivity index (χ0v) is 60.6. The maximum absolute atomic E-state index is 15.4. The van der Waals surface area contributed by atoms with Gasteiger partial charge in [0.15, 0.2) is 0 Å². The topological polar surface area (TPSA) is 285 Å². The molecule has 526 valence electrons. The van der Waals surface area contributed by atoms with Gasteiger partial charge in [-0.3, -0.25) is 52.7 Å².